The predicted molar refractivity (Wildman–Crippen MR) is 165 cm³/mol. The average molecular weight is 549 g/mol. The summed E-state index contributed by atoms with van der Waals surface area (Å²) in [5, 5.41) is 0. The number of esters is 2. The SMILES string of the molecule is CC(C)CCCCCCCCCCOC(=O)C1CC=CC(C)C1C(=O)OCCCCCCCCCCC(C)C. The monoisotopic (exact) mass is 548 g/mol. The molecule has 228 valence electrons. The van der Waals surface area contributed by atoms with Crippen LogP contribution in [0, 0.1) is 29.6 Å². The summed E-state index contributed by atoms with van der Waals surface area (Å²) in [6, 6.07) is 0. The lowest BCUT2D eigenvalue weighted by atomic mass is 9.76. The number of hydrogen-bond donors (Lipinski definition) is 0. The number of ether oxygens (including phenoxy) is 2. The van der Waals surface area contributed by atoms with Crippen molar-refractivity contribution < 1.29 is 19.1 Å². The molecule has 4 heteroatoms. The molecule has 39 heavy (non-hydrogen) atoms. The Morgan fingerprint density at radius 1 is 0.615 bits per heavy atom. The molecule has 0 aromatic carbocycles. The fraction of sp³-hybridized carbons (Fsp3) is 0.886. The van der Waals surface area contributed by atoms with Crippen LogP contribution in [-0.4, -0.2) is 25.2 Å². The number of rotatable bonds is 24. The van der Waals surface area contributed by atoms with Gasteiger partial charge in [0, 0.05) is 0 Å². The molecule has 3 unspecified atom stereocenters. The topological polar surface area (TPSA) is 52.6 Å². The number of carbonyl (C=O) groups excluding carboxylic acids is 2. The summed E-state index contributed by atoms with van der Waals surface area (Å²) in [6.07, 6.45) is 27.0. The molecule has 3 atom stereocenters. The Balaban J connectivity index is 2.15. The predicted octanol–water partition coefficient (Wildman–Crippen LogP) is 10.2. The first-order valence-corrected chi connectivity index (χ1v) is 16.8. The summed E-state index contributed by atoms with van der Waals surface area (Å²) in [5.41, 5.74) is 0. The van der Waals surface area contributed by atoms with E-state index in [1.54, 1.807) is 0 Å². The zero-order chi connectivity index (χ0) is 28.7. The van der Waals surface area contributed by atoms with Crippen molar-refractivity contribution in [3.8, 4) is 0 Å². The number of allylic oxidation sites excluding steroid dienone is 2. The van der Waals surface area contributed by atoms with Crippen LogP contribution in [0.4, 0.5) is 0 Å². The number of hydrogen-bond acceptors (Lipinski definition) is 4. The minimum Gasteiger partial charge on any atom is -0.465 e. The second-order valence-corrected chi connectivity index (χ2v) is 13.0. The van der Waals surface area contributed by atoms with Gasteiger partial charge in [0.15, 0.2) is 0 Å². The van der Waals surface area contributed by atoms with Gasteiger partial charge >= 0.3 is 11.9 Å². The zero-order valence-electron chi connectivity index (χ0n) is 26.5. The molecule has 0 saturated heterocycles. The third-order valence-electron chi connectivity index (χ3n) is 8.24. The Hall–Kier alpha value is -1.32. The standard InChI is InChI=1S/C35H64O4/c1-29(2)23-18-14-10-6-8-12-16-20-27-38-34(36)32-26-22-25-31(5)33(32)35(37)39-28-21-17-13-9-7-11-15-19-24-30(3)4/h22,25,29-33H,6-21,23-24,26-28H2,1-5H3. The maximum absolute atomic E-state index is 12.9. The first-order valence-electron chi connectivity index (χ1n) is 16.8. The third kappa shape index (κ3) is 18.6. The molecule has 0 fully saturated rings. The van der Waals surface area contributed by atoms with Crippen LogP contribution >= 0.6 is 0 Å². The highest BCUT2D eigenvalue weighted by Gasteiger charge is 2.40. The Morgan fingerprint density at radius 2 is 1.00 bits per heavy atom. The van der Waals surface area contributed by atoms with Crippen molar-refractivity contribution in [3.05, 3.63) is 12.2 Å². The van der Waals surface area contributed by atoms with Crippen molar-refractivity contribution in [2.24, 2.45) is 29.6 Å². The second kappa shape index (κ2) is 23.4. The molecule has 1 aliphatic rings. The lowest BCUT2D eigenvalue weighted by Gasteiger charge is -2.30. The summed E-state index contributed by atoms with van der Waals surface area (Å²) in [4.78, 5) is 25.8. The molecule has 0 bridgehead atoms. The van der Waals surface area contributed by atoms with Crippen molar-refractivity contribution >= 4 is 11.9 Å². The van der Waals surface area contributed by atoms with Gasteiger partial charge in [-0.25, -0.2) is 0 Å². The Labute approximate surface area is 242 Å². The van der Waals surface area contributed by atoms with Gasteiger partial charge in [0.25, 0.3) is 0 Å². The van der Waals surface area contributed by atoms with Crippen molar-refractivity contribution in [2.45, 2.75) is 157 Å². The number of carbonyl (C=O) groups is 2. The molecule has 4 nitrogen and oxygen atoms in total. The molecule has 0 N–H and O–H groups in total. The highest BCUT2D eigenvalue weighted by Crippen LogP contribution is 2.32. The smallest absolute Gasteiger partial charge is 0.310 e. The molecule has 0 heterocycles. The molecule has 0 aromatic rings. The molecule has 0 aromatic heterocycles. The van der Waals surface area contributed by atoms with Gasteiger partial charge in [-0.05, 0) is 37.0 Å². The summed E-state index contributed by atoms with van der Waals surface area (Å²) < 4.78 is 11.3. The Bertz CT molecular complexity index is 639. The van der Waals surface area contributed by atoms with Crippen molar-refractivity contribution in [3.63, 3.8) is 0 Å². The lowest BCUT2D eigenvalue weighted by Crippen LogP contribution is -2.38. The molecular formula is C35H64O4. The fourth-order valence-electron chi connectivity index (χ4n) is 5.67. The van der Waals surface area contributed by atoms with Gasteiger partial charge in [-0.1, -0.05) is 150 Å². The van der Waals surface area contributed by atoms with E-state index in [0.717, 1.165) is 37.5 Å². The first kappa shape index (κ1) is 35.7. The molecule has 1 rings (SSSR count). The summed E-state index contributed by atoms with van der Waals surface area (Å²) in [6.45, 7) is 12.1. The van der Waals surface area contributed by atoms with Crippen LogP contribution in [0.25, 0.3) is 0 Å². The van der Waals surface area contributed by atoms with E-state index in [0.29, 0.717) is 19.6 Å². The second-order valence-electron chi connectivity index (χ2n) is 13.0. The zero-order valence-corrected chi connectivity index (χ0v) is 26.5. The van der Waals surface area contributed by atoms with Gasteiger partial charge in [-0.15, -0.1) is 0 Å². The van der Waals surface area contributed by atoms with Gasteiger partial charge in [-0.2, -0.15) is 0 Å². The van der Waals surface area contributed by atoms with Crippen LogP contribution in [-0.2, 0) is 19.1 Å². The molecular weight excluding hydrogens is 484 g/mol. The first-order chi connectivity index (χ1) is 18.8. The fourth-order valence-corrected chi connectivity index (χ4v) is 5.67. The van der Waals surface area contributed by atoms with Crippen LogP contribution in [0.5, 0.6) is 0 Å². The van der Waals surface area contributed by atoms with Crippen LogP contribution < -0.4 is 0 Å². The average Bonchev–Trinajstić information content (AvgIpc) is 2.89. The minimum atomic E-state index is -0.427. The molecule has 0 spiro atoms. The summed E-state index contributed by atoms with van der Waals surface area (Å²) >= 11 is 0. The van der Waals surface area contributed by atoms with Gasteiger partial charge in [0.05, 0.1) is 25.0 Å². The van der Waals surface area contributed by atoms with Crippen molar-refractivity contribution in [1.82, 2.24) is 0 Å². The van der Waals surface area contributed by atoms with E-state index >= 15 is 0 Å². The van der Waals surface area contributed by atoms with Crippen LogP contribution in [0.2, 0.25) is 0 Å². The molecule has 0 saturated carbocycles. The summed E-state index contributed by atoms with van der Waals surface area (Å²) in [5.74, 6) is 0.336. The maximum atomic E-state index is 12.9. The quantitative estimate of drug-likeness (QED) is 0.0684. The van der Waals surface area contributed by atoms with E-state index in [4.69, 9.17) is 9.47 Å². The highest BCUT2D eigenvalue weighted by atomic mass is 16.5. The highest BCUT2D eigenvalue weighted by molar-refractivity contribution is 5.83. The normalized spacial score (nSPS) is 19.1. The van der Waals surface area contributed by atoms with E-state index in [-0.39, 0.29) is 17.9 Å². The van der Waals surface area contributed by atoms with Gasteiger partial charge in [-0.3, -0.25) is 9.59 Å². The van der Waals surface area contributed by atoms with Crippen molar-refractivity contribution in [1.29, 1.82) is 0 Å². The molecule has 0 radical (unpaired) electrons. The number of unbranched alkanes of at least 4 members (excludes halogenated alkanes) is 14. The third-order valence-corrected chi connectivity index (χ3v) is 8.24. The Kier molecular flexibility index (Phi) is 21.4. The van der Waals surface area contributed by atoms with Crippen LogP contribution in [0.3, 0.4) is 0 Å². The van der Waals surface area contributed by atoms with Gasteiger partial charge in [0.2, 0.25) is 0 Å². The lowest BCUT2D eigenvalue weighted by molar-refractivity contribution is -0.162. The van der Waals surface area contributed by atoms with E-state index in [2.05, 4.69) is 27.7 Å². The van der Waals surface area contributed by atoms with Gasteiger partial charge < -0.3 is 9.47 Å². The minimum absolute atomic E-state index is 0.0000313. The maximum Gasteiger partial charge on any atom is 0.310 e. The van der Waals surface area contributed by atoms with E-state index in [1.165, 1.54) is 89.9 Å². The van der Waals surface area contributed by atoms with E-state index in [1.807, 2.05) is 19.1 Å². The van der Waals surface area contributed by atoms with E-state index < -0.39 is 11.8 Å². The van der Waals surface area contributed by atoms with Gasteiger partial charge in [0.1, 0.15) is 0 Å². The van der Waals surface area contributed by atoms with Crippen molar-refractivity contribution in [2.75, 3.05) is 13.2 Å². The largest absolute Gasteiger partial charge is 0.465 e. The van der Waals surface area contributed by atoms with Crippen LogP contribution in [0.1, 0.15) is 157 Å². The van der Waals surface area contributed by atoms with E-state index in [9.17, 15) is 9.59 Å². The summed E-state index contributed by atoms with van der Waals surface area (Å²) in [7, 11) is 0. The molecule has 1 aliphatic carbocycles. The van der Waals surface area contributed by atoms with Crippen LogP contribution in [0.15, 0.2) is 12.2 Å². The Morgan fingerprint density at radius 3 is 1.44 bits per heavy atom. The molecule has 0 aliphatic heterocycles. The molecule has 0 amide bonds.